The zero-order chi connectivity index (χ0) is 17.3. The number of aryl methyl sites for hydroxylation is 1. The minimum absolute atomic E-state index is 0.0783. The van der Waals surface area contributed by atoms with Gasteiger partial charge in [0, 0.05) is 17.5 Å². The Labute approximate surface area is 146 Å². The first kappa shape index (κ1) is 15.6. The van der Waals surface area contributed by atoms with Crippen molar-refractivity contribution in [2.45, 2.75) is 25.2 Å². The molecule has 25 heavy (non-hydrogen) atoms. The van der Waals surface area contributed by atoms with E-state index in [0.717, 1.165) is 18.4 Å². The molecule has 126 valence electrons. The molecule has 3 aromatic rings. The Kier molecular flexibility index (Phi) is 3.88. The van der Waals surface area contributed by atoms with Crippen LogP contribution in [0.4, 0.5) is 0 Å². The van der Waals surface area contributed by atoms with E-state index in [1.54, 1.807) is 6.92 Å². The molecular formula is C21H20N2O2. The topological polar surface area (TPSA) is 55.1 Å². The number of amides is 1. The van der Waals surface area contributed by atoms with Gasteiger partial charge in [0.25, 0.3) is 5.91 Å². The highest BCUT2D eigenvalue weighted by Crippen LogP contribution is 2.47. The number of carbonyl (C=O) groups excluding carboxylic acids is 1. The van der Waals surface area contributed by atoms with Gasteiger partial charge in [0.15, 0.2) is 0 Å². The van der Waals surface area contributed by atoms with Gasteiger partial charge in [0.2, 0.25) is 0 Å². The van der Waals surface area contributed by atoms with Crippen molar-refractivity contribution in [2.24, 2.45) is 0 Å². The third kappa shape index (κ3) is 2.95. The molecule has 1 fully saturated rings. The van der Waals surface area contributed by atoms with Crippen LogP contribution < -0.4 is 5.32 Å². The number of nitrogens with one attached hydrogen (secondary N) is 1. The van der Waals surface area contributed by atoms with Gasteiger partial charge in [-0.15, -0.1) is 0 Å². The normalized spacial score (nSPS) is 14.9. The summed E-state index contributed by atoms with van der Waals surface area (Å²) in [6.07, 6.45) is 2.21. The maximum atomic E-state index is 12.8. The van der Waals surface area contributed by atoms with E-state index in [-0.39, 0.29) is 11.3 Å². The molecule has 0 saturated heterocycles. The fourth-order valence-electron chi connectivity index (χ4n) is 3.28. The third-order valence-corrected chi connectivity index (χ3v) is 4.96. The van der Waals surface area contributed by atoms with E-state index >= 15 is 0 Å². The van der Waals surface area contributed by atoms with Crippen molar-refractivity contribution >= 4 is 5.91 Å². The van der Waals surface area contributed by atoms with Gasteiger partial charge in [0.05, 0.1) is 0 Å². The SMILES string of the molecule is Cc1onc(-c2ccccc2)c1C(=O)NCC1(c2ccccc2)CC1. The average molecular weight is 332 g/mol. The van der Waals surface area contributed by atoms with Crippen LogP contribution in [0.1, 0.15) is 34.5 Å². The first-order chi connectivity index (χ1) is 12.2. The van der Waals surface area contributed by atoms with Gasteiger partial charge < -0.3 is 9.84 Å². The van der Waals surface area contributed by atoms with E-state index in [2.05, 4.69) is 34.7 Å². The van der Waals surface area contributed by atoms with Crippen LogP contribution in [0.3, 0.4) is 0 Å². The number of aromatic nitrogens is 1. The molecule has 1 aromatic heterocycles. The average Bonchev–Trinajstić information content (AvgIpc) is 3.36. The predicted octanol–water partition coefficient (Wildman–Crippen LogP) is 4.11. The monoisotopic (exact) mass is 332 g/mol. The summed E-state index contributed by atoms with van der Waals surface area (Å²) in [5.74, 6) is 0.417. The summed E-state index contributed by atoms with van der Waals surface area (Å²) in [5, 5.41) is 7.19. The molecule has 2 aromatic carbocycles. The molecule has 0 radical (unpaired) electrons. The second-order valence-electron chi connectivity index (χ2n) is 6.66. The maximum absolute atomic E-state index is 12.8. The van der Waals surface area contributed by atoms with Crippen LogP contribution >= 0.6 is 0 Å². The van der Waals surface area contributed by atoms with Crippen molar-refractivity contribution in [1.29, 1.82) is 0 Å². The molecule has 0 bridgehead atoms. The number of nitrogens with zero attached hydrogens (tertiary/aromatic N) is 1. The van der Waals surface area contributed by atoms with Gasteiger partial charge in [-0.2, -0.15) is 0 Å². The van der Waals surface area contributed by atoms with E-state index < -0.39 is 0 Å². The van der Waals surface area contributed by atoms with Crippen LogP contribution in [0.15, 0.2) is 65.2 Å². The van der Waals surface area contributed by atoms with E-state index in [0.29, 0.717) is 23.6 Å². The second-order valence-corrected chi connectivity index (χ2v) is 6.66. The fourth-order valence-corrected chi connectivity index (χ4v) is 3.28. The van der Waals surface area contributed by atoms with Crippen LogP contribution in [-0.2, 0) is 5.41 Å². The van der Waals surface area contributed by atoms with Gasteiger partial charge in [-0.05, 0) is 25.3 Å². The molecule has 1 aliphatic carbocycles. The van der Waals surface area contributed by atoms with Crippen LogP contribution in [0.2, 0.25) is 0 Å². The molecule has 1 aliphatic rings. The number of benzene rings is 2. The lowest BCUT2D eigenvalue weighted by Crippen LogP contribution is -2.32. The number of hydrogen-bond acceptors (Lipinski definition) is 3. The van der Waals surface area contributed by atoms with Crippen molar-refractivity contribution in [3.05, 3.63) is 77.6 Å². The minimum atomic E-state index is -0.125. The number of rotatable bonds is 5. The highest BCUT2D eigenvalue weighted by molar-refractivity contribution is 6.00. The van der Waals surface area contributed by atoms with Crippen LogP contribution in [0, 0.1) is 6.92 Å². The fraction of sp³-hybridized carbons (Fsp3) is 0.238. The summed E-state index contributed by atoms with van der Waals surface area (Å²) in [6.45, 7) is 2.41. The Hall–Kier alpha value is -2.88. The van der Waals surface area contributed by atoms with E-state index in [1.165, 1.54) is 5.56 Å². The van der Waals surface area contributed by atoms with Crippen molar-refractivity contribution in [3.8, 4) is 11.3 Å². The molecule has 4 nitrogen and oxygen atoms in total. The zero-order valence-corrected chi connectivity index (χ0v) is 14.2. The molecule has 0 spiro atoms. The minimum Gasteiger partial charge on any atom is -0.360 e. The Bertz CT molecular complexity index is 881. The summed E-state index contributed by atoms with van der Waals surface area (Å²) < 4.78 is 5.29. The molecule has 0 aliphatic heterocycles. The molecule has 1 saturated carbocycles. The first-order valence-electron chi connectivity index (χ1n) is 8.55. The van der Waals surface area contributed by atoms with Crippen molar-refractivity contribution < 1.29 is 9.32 Å². The molecule has 4 heteroatoms. The summed E-state index contributed by atoms with van der Waals surface area (Å²) >= 11 is 0. The molecular weight excluding hydrogens is 312 g/mol. The molecule has 0 atom stereocenters. The molecule has 1 amide bonds. The Morgan fingerprint density at radius 1 is 1.08 bits per heavy atom. The lowest BCUT2D eigenvalue weighted by Gasteiger charge is -2.16. The Balaban J connectivity index is 1.54. The molecule has 4 rings (SSSR count). The number of carbonyl (C=O) groups is 1. The van der Waals surface area contributed by atoms with Crippen LogP contribution in [-0.4, -0.2) is 17.6 Å². The quantitative estimate of drug-likeness (QED) is 0.765. The van der Waals surface area contributed by atoms with Crippen molar-refractivity contribution in [1.82, 2.24) is 10.5 Å². The van der Waals surface area contributed by atoms with Gasteiger partial charge in [-0.25, -0.2) is 0 Å². The zero-order valence-electron chi connectivity index (χ0n) is 14.2. The highest BCUT2D eigenvalue weighted by Gasteiger charge is 2.44. The summed E-state index contributed by atoms with van der Waals surface area (Å²) in [6, 6.07) is 20.0. The van der Waals surface area contributed by atoms with Crippen LogP contribution in [0.25, 0.3) is 11.3 Å². The van der Waals surface area contributed by atoms with Crippen LogP contribution in [0.5, 0.6) is 0 Å². The van der Waals surface area contributed by atoms with Gasteiger partial charge >= 0.3 is 0 Å². The summed E-state index contributed by atoms with van der Waals surface area (Å²) in [5.41, 5.74) is 3.37. The van der Waals surface area contributed by atoms with E-state index in [4.69, 9.17) is 4.52 Å². The maximum Gasteiger partial charge on any atom is 0.257 e. The summed E-state index contributed by atoms with van der Waals surface area (Å²) in [4.78, 5) is 12.8. The largest absolute Gasteiger partial charge is 0.360 e. The number of hydrogen-bond donors (Lipinski definition) is 1. The smallest absolute Gasteiger partial charge is 0.257 e. The second kappa shape index (κ2) is 6.20. The standard InChI is InChI=1S/C21H20N2O2/c1-15-18(19(23-25-15)16-8-4-2-5-9-16)20(24)22-14-21(12-13-21)17-10-6-3-7-11-17/h2-11H,12-14H2,1H3,(H,22,24). The van der Waals surface area contributed by atoms with Crippen molar-refractivity contribution in [2.75, 3.05) is 6.54 Å². The van der Waals surface area contributed by atoms with Gasteiger partial charge in [-0.1, -0.05) is 65.8 Å². The van der Waals surface area contributed by atoms with E-state index in [1.807, 2.05) is 36.4 Å². The molecule has 1 heterocycles. The molecule has 0 unspecified atom stereocenters. The lowest BCUT2D eigenvalue weighted by molar-refractivity contribution is 0.0948. The highest BCUT2D eigenvalue weighted by atomic mass is 16.5. The first-order valence-corrected chi connectivity index (χ1v) is 8.55. The van der Waals surface area contributed by atoms with Gasteiger partial charge in [0.1, 0.15) is 17.0 Å². The predicted molar refractivity (Wildman–Crippen MR) is 96.4 cm³/mol. The molecule has 1 N–H and O–H groups in total. The van der Waals surface area contributed by atoms with Gasteiger partial charge in [-0.3, -0.25) is 4.79 Å². The Morgan fingerprint density at radius 2 is 1.72 bits per heavy atom. The summed E-state index contributed by atoms with van der Waals surface area (Å²) in [7, 11) is 0. The Morgan fingerprint density at radius 3 is 2.36 bits per heavy atom. The lowest BCUT2D eigenvalue weighted by atomic mass is 9.96. The van der Waals surface area contributed by atoms with E-state index in [9.17, 15) is 4.79 Å². The third-order valence-electron chi connectivity index (χ3n) is 4.96. The van der Waals surface area contributed by atoms with Crippen molar-refractivity contribution in [3.63, 3.8) is 0 Å².